The minimum atomic E-state index is 0.746. The lowest BCUT2D eigenvalue weighted by Gasteiger charge is -2.03. The number of aldehydes is 2. The van der Waals surface area contributed by atoms with Crippen LogP contribution in [0, 0.1) is 13.8 Å². The average molecular weight is 332 g/mol. The van der Waals surface area contributed by atoms with Gasteiger partial charge in [-0.15, -0.1) is 34.0 Å². The monoisotopic (exact) mass is 332 g/mol. The van der Waals surface area contributed by atoms with Gasteiger partial charge in [0.2, 0.25) is 0 Å². The number of aryl methyl sites for hydroxylation is 2. The molecule has 5 heteroatoms. The van der Waals surface area contributed by atoms with E-state index in [-0.39, 0.29) is 0 Å². The molecule has 0 saturated carbocycles. The second-order valence-corrected chi connectivity index (χ2v) is 8.13. The molecule has 0 fully saturated rings. The van der Waals surface area contributed by atoms with Gasteiger partial charge < -0.3 is 0 Å². The lowest BCUT2D eigenvalue weighted by molar-refractivity contribution is 0.111. The van der Waals surface area contributed by atoms with Crippen molar-refractivity contribution in [3.05, 3.63) is 43.1 Å². The molecule has 0 atom stereocenters. The molecule has 21 heavy (non-hydrogen) atoms. The summed E-state index contributed by atoms with van der Waals surface area (Å²) in [5.41, 5.74) is 3.36. The maximum atomic E-state index is 11.0. The van der Waals surface area contributed by atoms with Gasteiger partial charge in [0.15, 0.2) is 12.6 Å². The first-order valence-electron chi connectivity index (χ1n) is 6.33. The zero-order valence-corrected chi connectivity index (χ0v) is 14.0. The molecule has 0 bridgehead atoms. The fourth-order valence-electron chi connectivity index (χ4n) is 2.35. The third kappa shape index (κ3) is 2.52. The van der Waals surface area contributed by atoms with E-state index < -0.39 is 0 Å². The number of thiophene rings is 3. The predicted octanol–water partition coefficient (Wildman–Crippen LogP) is 5.45. The van der Waals surface area contributed by atoms with E-state index in [9.17, 15) is 9.59 Å². The molecule has 3 heterocycles. The van der Waals surface area contributed by atoms with Crippen LogP contribution in [-0.2, 0) is 0 Å². The van der Waals surface area contributed by atoms with Crippen molar-refractivity contribution in [1.29, 1.82) is 0 Å². The number of carbonyl (C=O) groups excluding carboxylic acids is 2. The van der Waals surface area contributed by atoms with Crippen LogP contribution in [0.1, 0.15) is 29.1 Å². The molecule has 0 aliphatic heterocycles. The van der Waals surface area contributed by atoms with Crippen molar-refractivity contribution < 1.29 is 9.59 Å². The molecule has 0 aliphatic rings. The van der Waals surface area contributed by atoms with E-state index >= 15 is 0 Å². The van der Waals surface area contributed by atoms with Crippen molar-refractivity contribution >= 4 is 46.6 Å². The Labute approximate surface area is 134 Å². The van der Waals surface area contributed by atoms with Crippen molar-refractivity contribution in [2.45, 2.75) is 13.8 Å². The van der Waals surface area contributed by atoms with Gasteiger partial charge in [0.05, 0.1) is 9.75 Å². The van der Waals surface area contributed by atoms with Gasteiger partial charge in [-0.05, 0) is 43.0 Å². The summed E-state index contributed by atoms with van der Waals surface area (Å²) in [5.74, 6) is 0. The van der Waals surface area contributed by atoms with E-state index in [1.807, 2.05) is 26.0 Å². The summed E-state index contributed by atoms with van der Waals surface area (Å²) < 4.78 is 0. The smallest absolute Gasteiger partial charge is 0.160 e. The van der Waals surface area contributed by atoms with Crippen LogP contribution >= 0.6 is 34.0 Å². The van der Waals surface area contributed by atoms with Crippen molar-refractivity contribution in [2.24, 2.45) is 0 Å². The molecule has 106 valence electrons. The zero-order chi connectivity index (χ0) is 15.0. The van der Waals surface area contributed by atoms with Crippen molar-refractivity contribution in [3.63, 3.8) is 0 Å². The molecule has 0 radical (unpaired) electrons. The predicted molar refractivity (Wildman–Crippen MR) is 91.2 cm³/mol. The molecule has 0 amide bonds. The first kappa shape index (κ1) is 14.4. The molecule has 0 unspecified atom stereocenters. The molecule has 3 rings (SSSR count). The SMILES string of the molecule is Cc1sc(C=O)cc1-c1ccsc1-c1cc(C=O)sc1C. The van der Waals surface area contributed by atoms with E-state index in [0.717, 1.165) is 53.6 Å². The normalized spacial score (nSPS) is 10.8. The Morgan fingerprint density at radius 2 is 1.43 bits per heavy atom. The first-order chi connectivity index (χ1) is 10.1. The largest absolute Gasteiger partial charge is 0.297 e. The number of carbonyl (C=O) groups is 2. The molecular formula is C16H12O2S3. The second-order valence-electron chi connectivity index (χ2n) is 4.64. The van der Waals surface area contributed by atoms with Gasteiger partial charge in [0, 0.05) is 25.8 Å². The second kappa shape index (κ2) is 5.67. The lowest BCUT2D eigenvalue weighted by Crippen LogP contribution is -1.79. The van der Waals surface area contributed by atoms with Crippen LogP contribution in [0.2, 0.25) is 0 Å². The molecule has 3 aromatic rings. The number of hydrogen-bond donors (Lipinski definition) is 0. The number of rotatable bonds is 4. The van der Waals surface area contributed by atoms with Crippen molar-refractivity contribution in [3.8, 4) is 21.6 Å². The summed E-state index contributed by atoms with van der Waals surface area (Å²) in [5, 5.41) is 2.06. The molecule has 3 aromatic heterocycles. The molecule has 0 saturated heterocycles. The van der Waals surface area contributed by atoms with Gasteiger partial charge in [0.1, 0.15) is 0 Å². The average Bonchev–Trinajstić information content (AvgIpc) is 3.16. The summed E-state index contributed by atoms with van der Waals surface area (Å²) in [6.07, 6.45) is 1.79. The van der Waals surface area contributed by atoms with E-state index in [0.29, 0.717) is 0 Å². The van der Waals surface area contributed by atoms with Gasteiger partial charge in [-0.3, -0.25) is 9.59 Å². The van der Waals surface area contributed by atoms with Crippen LogP contribution in [0.4, 0.5) is 0 Å². The highest BCUT2D eigenvalue weighted by Crippen LogP contribution is 2.43. The Balaban J connectivity index is 2.16. The maximum Gasteiger partial charge on any atom is 0.160 e. The Morgan fingerprint density at radius 3 is 2.00 bits per heavy atom. The summed E-state index contributed by atoms with van der Waals surface area (Å²) >= 11 is 4.70. The van der Waals surface area contributed by atoms with Gasteiger partial charge in [-0.2, -0.15) is 0 Å². The van der Waals surface area contributed by atoms with Gasteiger partial charge in [0.25, 0.3) is 0 Å². The Bertz CT molecular complexity index is 754. The maximum absolute atomic E-state index is 11.0. The third-order valence-corrected chi connectivity index (χ3v) is 6.21. The summed E-state index contributed by atoms with van der Waals surface area (Å²) in [7, 11) is 0. The highest BCUT2D eigenvalue weighted by molar-refractivity contribution is 7.17. The highest BCUT2D eigenvalue weighted by Gasteiger charge is 2.17. The number of hydrogen-bond acceptors (Lipinski definition) is 5. The molecular weight excluding hydrogens is 320 g/mol. The summed E-state index contributed by atoms with van der Waals surface area (Å²) in [6.45, 7) is 4.07. The fourth-order valence-corrected chi connectivity index (χ4v) is 5.10. The lowest BCUT2D eigenvalue weighted by atomic mass is 10.0. The first-order valence-corrected chi connectivity index (χ1v) is 8.84. The van der Waals surface area contributed by atoms with E-state index in [4.69, 9.17) is 0 Å². The minimum Gasteiger partial charge on any atom is -0.297 e. The van der Waals surface area contributed by atoms with Crippen LogP contribution in [0.25, 0.3) is 21.6 Å². The van der Waals surface area contributed by atoms with Crippen LogP contribution < -0.4 is 0 Å². The van der Waals surface area contributed by atoms with Gasteiger partial charge in [-0.1, -0.05) is 0 Å². The molecule has 0 aromatic carbocycles. The van der Waals surface area contributed by atoms with Crippen molar-refractivity contribution in [1.82, 2.24) is 0 Å². The third-order valence-electron chi connectivity index (χ3n) is 3.31. The molecule has 0 N–H and O–H groups in total. The molecule has 2 nitrogen and oxygen atoms in total. The zero-order valence-electron chi connectivity index (χ0n) is 11.5. The molecule has 0 aliphatic carbocycles. The van der Waals surface area contributed by atoms with Crippen LogP contribution in [0.3, 0.4) is 0 Å². The topological polar surface area (TPSA) is 34.1 Å². The highest BCUT2D eigenvalue weighted by atomic mass is 32.1. The Morgan fingerprint density at radius 1 is 0.857 bits per heavy atom. The minimum absolute atomic E-state index is 0.746. The molecule has 0 spiro atoms. The van der Waals surface area contributed by atoms with Crippen LogP contribution in [-0.4, -0.2) is 12.6 Å². The van der Waals surface area contributed by atoms with Crippen molar-refractivity contribution in [2.75, 3.05) is 0 Å². The standard InChI is InChI=1S/C16H12O2S3/c1-9-14(5-11(7-17)20-9)13-3-4-19-16(13)15-6-12(8-18)21-10(15)2/h3-8H,1-2H3. The Kier molecular flexibility index (Phi) is 3.89. The van der Waals surface area contributed by atoms with Crippen LogP contribution in [0.15, 0.2) is 23.6 Å². The summed E-state index contributed by atoms with van der Waals surface area (Å²) in [4.78, 5) is 26.9. The Hall–Kier alpha value is -1.56. The quantitative estimate of drug-likeness (QED) is 0.596. The fraction of sp³-hybridized carbons (Fsp3) is 0.125. The van der Waals surface area contributed by atoms with E-state index in [2.05, 4.69) is 11.4 Å². The van der Waals surface area contributed by atoms with E-state index in [1.54, 1.807) is 11.3 Å². The summed E-state index contributed by atoms with van der Waals surface area (Å²) in [6, 6.07) is 5.98. The van der Waals surface area contributed by atoms with Gasteiger partial charge in [-0.25, -0.2) is 0 Å². The van der Waals surface area contributed by atoms with Gasteiger partial charge >= 0.3 is 0 Å². The van der Waals surface area contributed by atoms with E-state index in [1.165, 1.54) is 22.7 Å². The van der Waals surface area contributed by atoms with Crippen LogP contribution in [0.5, 0.6) is 0 Å².